The van der Waals surface area contributed by atoms with Crippen molar-refractivity contribution in [3.05, 3.63) is 46.6 Å². The van der Waals surface area contributed by atoms with Gasteiger partial charge in [-0.25, -0.2) is 18.0 Å². The van der Waals surface area contributed by atoms with E-state index in [-0.39, 0.29) is 22.9 Å². The van der Waals surface area contributed by atoms with E-state index in [4.69, 9.17) is 22.4 Å². The van der Waals surface area contributed by atoms with Crippen molar-refractivity contribution in [1.82, 2.24) is 15.1 Å². The number of β-lactam (4-membered cyclic amide) rings is 2. The molecule has 4 aliphatic heterocycles. The second-order valence-corrected chi connectivity index (χ2v) is 13.9. The van der Waals surface area contributed by atoms with Crippen LogP contribution in [0.3, 0.4) is 0 Å². The zero-order chi connectivity index (χ0) is 29.0. The quantitative estimate of drug-likeness (QED) is 0.326. The molecule has 4 aliphatic rings. The highest BCUT2D eigenvalue weighted by Gasteiger charge is 2.67. The highest BCUT2D eigenvalue weighted by atomic mass is 35.5. The summed E-state index contributed by atoms with van der Waals surface area (Å²) in [6, 6.07) is 5.82. The third-order valence-electron chi connectivity index (χ3n) is 7.07. The number of aliphatic carboxylic acids is 2. The number of amides is 3. The number of halogens is 1. The van der Waals surface area contributed by atoms with E-state index in [1.54, 1.807) is 24.3 Å². The molecule has 1 aromatic rings. The van der Waals surface area contributed by atoms with Gasteiger partial charge in [0.1, 0.15) is 34.6 Å². The number of nitrogens with two attached hydrogens (primary N) is 1. The Labute approximate surface area is 232 Å². The molecule has 1 aromatic carbocycles. The second-order valence-electron chi connectivity index (χ2n) is 9.69. The zero-order valence-corrected chi connectivity index (χ0v) is 23.0. The highest BCUT2D eigenvalue weighted by Crippen LogP contribution is 2.45. The number of hydrogen-bond donors (Lipinski definition) is 4. The molecule has 0 radical (unpaired) electrons. The Morgan fingerprint density at radius 1 is 1.18 bits per heavy atom. The Kier molecular flexibility index (Phi) is 7.48. The van der Waals surface area contributed by atoms with Crippen LogP contribution in [0.15, 0.2) is 41.1 Å². The van der Waals surface area contributed by atoms with Crippen LogP contribution in [0.1, 0.15) is 31.9 Å². The summed E-state index contributed by atoms with van der Waals surface area (Å²) in [5.74, 6) is -3.65. The third-order valence-corrected chi connectivity index (χ3v) is 11.6. The van der Waals surface area contributed by atoms with Crippen molar-refractivity contribution in [2.75, 3.05) is 5.75 Å². The van der Waals surface area contributed by atoms with Crippen molar-refractivity contribution < 1.29 is 42.6 Å². The van der Waals surface area contributed by atoms with E-state index in [0.717, 1.165) is 9.80 Å². The molecular weight excluding hydrogens is 576 g/mol. The Hall–Kier alpha value is -3.14. The lowest BCUT2D eigenvalue weighted by atomic mass is 9.98. The third kappa shape index (κ3) is 4.56. The number of carbonyl (C=O) groups excluding carboxylic acids is 3. The number of benzene rings is 1. The fourth-order valence-electron chi connectivity index (χ4n) is 4.87. The fourth-order valence-corrected chi connectivity index (χ4v) is 8.54. The molecule has 3 amide bonds. The molecular formula is C23H25ClN4O9S2. The van der Waals surface area contributed by atoms with Crippen LogP contribution >= 0.6 is 23.4 Å². The van der Waals surface area contributed by atoms with E-state index < -0.39 is 73.1 Å². The van der Waals surface area contributed by atoms with E-state index in [9.17, 15) is 37.5 Å². The summed E-state index contributed by atoms with van der Waals surface area (Å²) >= 11 is 7.20. The van der Waals surface area contributed by atoms with Gasteiger partial charge in [-0.2, -0.15) is 0 Å². The fraction of sp³-hybridized carbons (Fsp3) is 0.435. The van der Waals surface area contributed by atoms with E-state index in [1.807, 2.05) is 6.07 Å². The molecule has 0 bridgehead atoms. The zero-order valence-electron chi connectivity index (χ0n) is 20.6. The topological polar surface area (TPSA) is 204 Å². The molecule has 13 nitrogen and oxygen atoms in total. The Bertz CT molecular complexity index is 1400. The molecule has 0 unspecified atom stereocenters. The molecule has 39 heavy (non-hydrogen) atoms. The maximum Gasteiger partial charge on any atom is 0.353 e. The molecule has 5 rings (SSSR count). The number of fused-ring (bicyclic) bond motifs is 2. The van der Waals surface area contributed by atoms with Crippen LogP contribution in [0.5, 0.6) is 0 Å². The first kappa shape index (κ1) is 28.9. The van der Waals surface area contributed by atoms with Gasteiger partial charge in [-0.1, -0.05) is 41.9 Å². The van der Waals surface area contributed by atoms with Gasteiger partial charge in [0, 0.05) is 5.75 Å². The number of sulfone groups is 1. The molecule has 0 aliphatic carbocycles. The lowest BCUT2D eigenvalue weighted by Gasteiger charge is -2.48. The maximum absolute atomic E-state index is 12.3. The number of hydrogen-bond acceptors (Lipinski definition) is 9. The van der Waals surface area contributed by atoms with Gasteiger partial charge in [-0.05, 0) is 19.4 Å². The molecule has 0 spiro atoms. The molecule has 4 heterocycles. The van der Waals surface area contributed by atoms with Crippen molar-refractivity contribution in [3.8, 4) is 0 Å². The molecule has 16 heteroatoms. The van der Waals surface area contributed by atoms with Crippen molar-refractivity contribution in [1.29, 1.82) is 0 Å². The number of thioether (sulfide) groups is 1. The summed E-state index contributed by atoms with van der Waals surface area (Å²) in [6.07, 6.45) is -0.0878. The summed E-state index contributed by atoms with van der Waals surface area (Å²) < 4.78 is 22.4. The average molecular weight is 601 g/mol. The van der Waals surface area contributed by atoms with Crippen LogP contribution in [-0.4, -0.2) is 91.4 Å². The van der Waals surface area contributed by atoms with E-state index in [2.05, 4.69) is 5.32 Å². The van der Waals surface area contributed by atoms with Crippen LogP contribution in [-0.2, 0) is 33.8 Å². The molecule has 5 atom stereocenters. The van der Waals surface area contributed by atoms with Crippen molar-refractivity contribution in [2.45, 2.75) is 53.9 Å². The van der Waals surface area contributed by atoms with Crippen LogP contribution in [0.25, 0.3) is 0 Å². The van der Waals surface area contributed by atoms with Crippen molar-refractivity contribution in [3.63, 3.8) is 0 Å². The van der Waals surface area contributed by atoms with Crippen molar-refractivity contribution in [2.24, 2.45) is 5.73 Å². The summed E-state index contributed by atoms with van der Waals surface area (Å²) in [4.78, 5) is 60.1. The lowest BCUT2D eigenvalue weighted by Crippen LogP contribution is -2.70. The number of nitrogens with zero attached hydrogens (tertiary/aromatic N) is 2. The Balaban J connectivity index is 0.000000202. The molecule has 3 fully saturated rings. The summed E-state index contributed by atoms with van der Waals surface area (Å²) in [5, 5.41) is 19.5. The van der Waals surface area contributed by atoms with Crippen LogP contribution < -0.4 is 11.1 Å². The smallest absolute Gasteiger partial charge is 0.353 e. The largest absolute Gasteiger partial charge is 0.480 e. The first-order chi connectivity index (χ1) is 18.1. The van der Waals surface area contributed by atoms with Gasteiger partial charge in [0.2, 0.25) is 11.8 Å². The average Bonchev–Trinajstić information content (AvgIpc) is 3.00. The minimum Gasteiger partial charge on any atom is -0.480 e. The van der Waals surface area contributed by atoms with Crippen molar-refractivity contribution >= 4 is 62.9 Å². The van der Waals surface area contributed by atoms with Gasteiger partial charge < -0.3 is 26.2 Å². The SMILES string of the molecule is CC1(C)[C@H](C(=O)O)N2C(=O)C[C@H]2S1(=O)=O.N[C@@H](C(=O)N[C@@H]1C(=O)N2C(C(=O)O)=C(Cl)CS[C@H]12)c1ccccc1. The predicted molar refractivity (Wildman–Crippen MR) is 139 cm³/mol. The second kappa shape index (κ2) is 10.1. The van der Waals surface area contributed by atoms with Gasteiger partial charge in [-0.15, -0.1) is 11.8 Å². The summed E-state index contributed by atoms with van der Waals surface area (Å²) in [5.41, 5.74) is 6.32. The van der Waals surface area contributed by atoms with E-state index in [0.29, 0.717) is 5.56 Å². The Morgan fingerprint density at radius 2 is 1.79 bits per heavy atom. The maximum atomic E-state index is 12.3. The normalized spacial score (nSPS) is 28.6. The van der Waals surface area contributed by atoms with E-state index in [1.165, 1.54) is 25.6 Å². The first-order valence-corrected chi connectivity index (χ1v) is 14.5. The predicted octanol–water partition coefficient (Wildman–Crippen LogP) is -0.174. The standard InChI is InChI=1S/C15H14ClN3O4S.C8H11NO5S/c16-8-6-24-14-10(13(21)19(14)11(8)15(22)23)18-12(20)9(17)7-4-2-1-3-5-7;1-8(2)6(7(11)12)9-4(10)3-5(9)15(8,13)14/h1-5,9-10,14H,6,17H2,(H,18,20)(H,22,23);5-6H,3H2,1-2H3,(H,11,12)/t9-,10-,14-;5-,6+/m11/s1. The van der Waals surface area contributed by atoms with Crippen LogP contribution in [0.4, 0.5) is 0 Å². The van der Waals surface area contributed by atoms with Gasteiger partial charge in [0.05, 0.1) is 16.2 Å². The number of rotatable bonds is 5. The molecule has 0 saturated carbocycles. The van der Waals surface area contributed by atoms with Gasteiger partial charge >= 0.3 is 11.9 Å². The van der Waals surface area contributed by atoms with E-state index >= 15 is 0 Å². The number of carboxylic acid groups (broad SMARTS) is 2. The number of carbonyl (C=O) groups is 5. The van der Waals surface area contributed by atoms with Gasteiger partial charge in [-0.3, -0.25) is 19.3 Å². The van der Waals surface area contributed by atoms with Gasteiger partial charge in [0.25, 0.3) is 5.91 Å². The molecule has 3 saturated heterocycles. The Morgan fingerprint density at radius 3 is 2.31 bits per heavy atom. The number of nitrogens with one attached hydrogen (secondary N) is 1. The summed E-state index contributed by atoms with van der Waals surface area (Å²) in [7, 11) is -3.57. The monoisotopic (exact) mass is 600 g/mol. The summed E-state index contributed by atoms with van der Waals surface area (Å²) in [6.45, 7) is 2.71. The molecule has 0 aromatic heterocycles. The van der Waals surface area contributed by atoms with Gasteiger partial charge in [0.15, 0.2) is 9.84 Å². The minimum atomic E-state index is -3.57. The number of carboxylic acids is 2. The lowest BCUT2D eigenvalue weighted by molar-refractivity contribution is -0.157. The first-order valence-electron chi connectivity index (χ1n) is 11.6. The highest BCUT2D eigenvalue weighted by molar-refractivity contribution is 8.00. The molecule has 210 valence electrons. The molecule has 5 N–H and O–H groups in total. The van der Waals surface area contributed by atoms with Crippen LogP contribution in [0, 0.1) is 0 Å². The van der Waals surface area contributed by atoms with Crippen LogP contribution in [0.2, 0.25) is 0 Å². The minimum absolute atomic E-state index is 0.0878.